The van der Waals surface area contributed by atoms with Crippen LogP contribution in [0.25, 0.3) is 0 Å². The average Bonchev–Trinajstić information content (AvgIpc) is 2.41. The van der Waals surface area contributed by atoms with Gasteiger partial charge in [0, 0.05) is 12.7 Å². The van der Waals surface area contributed by atoms with Crippen LogP contribution in [0.15, 0.2) is 36.5 Å². The molecule has 0 aliphatic carbocycles. The molecule has 4 nitrogen and oxygen atoms in total. The molecule has 0 aliphatic heterocycles. The second kappa shape index (κ2) is 6.07. The Bertz CT molecular complexity index is 502. The van der Waals surface area contributed by atoms with Gasteiger partial charge in [0.05, 0.1) is 0 Å². The number of halogens is 1. The number of nitrogens with zero attached hydrogens (tertiary/aromatic N) is 2. The zero-order chi connectivity index (χ0) is 12.8. The van der Waals surface area contributed by atoms with Crippen LogP contribution in [-0.4, -0.2) is 21.6 Å². The van der Waals surface area contributed by atoms with E-state index in [1.54, 1.807) is 24.4 Å². The Labute approximate surface area is 105 Å². The van der Waals surface area contributed by atoms with E-state index in [4.69, 9.17) is 5.11 Å². The van der Waals surface area contributed by atoms with Gasteiger partial charge in [0.1, 0.15) is 18.2 Å². The minimum absolute atomic E-state index is 0.173. The zero-order valence-electron chi connectivity index (χ0n) is 9.81. The number of anilines is 1. The van der Waals surface area contributed by atoms with Crippen LogP contribution in [0.3, 0.4) is 0 Å². The van der Waals surface area contributed by atoms with Crippen LogP contribution in [0.1, 0.15) is 11.4 Å². The van der Waals surface area contributed by atoms with Gasteiger partial charge in [-0.1, -0.05) is 12.1 Å². The average molecular weight is 247 g/mol. The van der Waals surface area contributed by atoms with Crippen LogP contribution < -0.4 is 5.32 Å². The second-order valence-electron chi connectivity index (χ2n) is 3.82. The summed E-state index contributed by atoms with van der Waals surface area (Å²) in [5, 5.41) is 12.0. The maximum absolute atomic E-state index is 12.7. The highest BCUT2D eigenvalue weighted by Crippen LogP contribution is 2.05. The minimum atomic E-state index is -0.227. The third-order valence-corrected chi connectivity index (χ3v) is 2.48. The maximum Gasteiger partial charge on any atom is 0.156 e. The van der Waals surface area contributed by atoms with Crippen molar-refractivity contribution in [3.8, 4) is 0 Å². The van der Waals surface area contributed by atoms with Gasteiger partial charge in [-0.2, -0.15) is 0 Å². The van der Waals surface area contributed by atoms with Gasteiger partial charge >= 0.3 is 0 Å². The molecule has 1 aromatic carbocycles. The molecule has 5 heteroatoms. The third-order valence-electron chi connectivity index (χ3n) is 2.48. The van der Waals surface area contributed by atoms with Gasteiger partial charge in [0.25, 0.3) is 0 Å². The normalized spacial score (nSPS) is 10.3. The van der Waals surface area contributed by atoms with E-state index in [1.807, 2.05) is 0 Å². The molecule has 0 spiro atoms. The number of aliphatic hydroxyl groups is 1. The van der Waals surface area contributed by atoms with Crippen molar-refractivity contribution in [2.75, 3.05) is 11.9 Å². The lowest BCUT2D eigenvalue weighted by Gasteiger charge is -2.06. The van der Waals surface area contributed by atoms with Crippen molar-refractivity contribution in [1.29, 1.82) is 0 Å². The predicted octanol–water partition coefficient (Wildman–Crippen LogP) is 1.76. The molecule has 94 valence electrons. The van der Waals surface area contributed by atoms with E-state index in [1.165, 1.54) is 12.1 Å². The first kappa shape index (κ1) is 12.4. The zero-order valence-corrected chi connectivity index (χ0v) is 9.81. The number of rotatable bonds is 5. The van der Waals surface area contributed by atoms with Crippen molar-refractivity contribution in [1.82, 2.24) is 9.97 Å². The van der Waals surface area contributed by atoms with Crippen molar-refractivity contribution in [3.05, 3.63) is 53.7 Å². The fourth-order valence-electron chi connectivity index (χ4n) is 1.56. The summed E-state index contributed by atoms with van der Waals surface area (Å²) >= 11 is 0. The number of nitrogens with one attached hydrogen (secondary N) is 1. The summed E-state index contributed by atoms with van der Waals surface area (Å²) in [6, 6.07) is 8.16. The van der Waals surface area contributed by atoms with Crippen LogP contribution in [0.5, 0.6) is 0 Å². The molecule has 2 rings (SSSR count). The standard InChI is InChI=1S/C13H14FN3O/c14-11-3-1-10(2-4-11)5-7-15-12-6-8-16-13(9-18)17-12/h1-4,6,8,18H,5,7,9H2,(H,15,16,17). The molecule has 2 N–H and O–H groups in total. The highest BCUT2D eigenvalue weighted by molar-refractivity contribution is 5.33. The summed E-state index contributed by atoms with van der Waals surface area (Å²) in [6.45, 7) is 0.515. The monoisotopic (exact) mass is 247 g/mol. The van der Waals surface area contributed by atoms with Crippen molar-refractivity contribution in [2.45, 2.75) is 13.0 Å². The van der Waals surface area contributed by atoms with Crippen LogP contribution >= 0.6 is 0 Å². The number of hydrogen-bond acceptors (Lipinski definition) is 4. The molecular weight excluding hydrogens is 233 g/mol. The van der Waals surface area contributed by atoms with E-state index in [0.717, 1.165) is 12.0 Å². The molecule has 0 unspecified atom stereocenters. The largest absolute Gasteiger partial charge is 0.388 e. The van der Waals surface area contributed by atoms with Gasteiger partial charge in [0.15, 0.2) is 5.82 Å². The van der Waals surface area contributed by atoms with Gasteiger partial charge in [0.2, 0.25) is 0 Å². The predicted molar refractivity (Wildman–Crippen MR) is 66.5 cm³/mol. The Hall–Kier alpha value is -2.01. The van der Waals surface area contributed by atoms with Gasteiger partial charge in [-0.3, -0.25) is 0 Å². The summed E-state index contributed by atoms with van der Waals surface area (Å²) in [4.78, 5) is 8.00. The first-order valence-electron chi connectivity index (χ1n) is 5.69. The van der Waals surface area contributed by atoms with E-state index >= 15 is 0 Å². The van der Waals surface area contributed by atoms with Crippen LogP contribution in [0.4, 0.5) is 10.2 Å². The summed E-state index contributed by atoms with van der Waals surface area (Å²) in [6.07, 6.45) is 2.37. The smallest absolute Gasteiger partial charge is 0.156 e. The number of benzene rings is 1. The van der Waals surface area contributed by atoms with Gasteiger partial charge in [-0.25, -0.2) is 14.4 Å². The summed E-state index contributed by atoms with van der Waals surface area (Å²) < 4.78 is 12.7. The number of aliphatic hydroxyl groups excluding tert-OH is 1. The van der Waals surface area contributed by atoms with Gasteiger partial charge < -0.3 is 10.4 Å². The molecule has 2 aromatic rings. The van der Waals surface area contributed by atoms with Gasteiger partial charge in [-0.15, -0.1) is 0 Å². The number of hydrogen-bond donors (Lipinski definition) is 2. The lowest BCUT2D eigenvalue weighted by molar-refractivity contribution is 0.271. The molecule has 0 saturated heterocycles. The molecule has 0 aliphatic rings. The quantitative estimate of drug-likeness (QED) is 0.845. The molecule has 0 fully saturated rings. The summed E-state index contributed by atoms with van der Waals surface area (Å²) in [5.41, 5.74) is 1.06. The topological polar surface area (TPSA) is 58.0 Å². The number of aromatic nitrogens is 2. The Balaban J connectivity index is 1.86. The van der Waals surface area contributed by atoms with Crippen molar-refractivity contribution < 1.29 is 9.50 Å². The Kier molecular flexibility index (Phi) is 4.20. The SMILES string of the molecule is OCc1nccc(NCCc2ccc(F)cc2)n1. The van der Waals surface area contributed by atoms with E-state index < -0.39 is 0 Å². The van der Waals surface area contributed by atoms with Crippen LogP contribution in [-0.2, 0) is 13.0 Å². The second-order valence-corrected chi connectivity index (χ2v) is 3.82. The van der Waals surface area contributed by atoms with E-state index in [0.29, 0.717) is 18.2 Å². The first-order chi connectivity index (χ1) is 8.78. The fraction of sp³-hybridized carbons (Fsp3) is 0.231. The van der Waals surface area contributed by atoms with Crippen molar-refractivity contribution in [3.63, 3.8) is 0 Å². The molecule has 0 atom stereocenters. The summed E-state index contributed by atoms with van der Waals surface area (Å²) in [7, 11) is 0. The minimum Gasteiger partial charge on any atom is -0.388 e. The summed E-state index contributed by atoms with van der Waals surface area (Å²) in [5.74, 6) is 0.841. The van der Waals surface area contributed by atoms with Gasteiger partial charge in [-0.05, 0) is 30.2 Å². The molecule has 0 radical (unpaired) electrons. The van der Waals surface area contributed by atoms with E-state index in [-0.39, 0.29) is 12.4 Å². The molecule has 1 aromatic heterocycles. The molecular formula is C13H14FN3O. The molecule has 18 heavy (non-hydrogen) atoms. The lowest BCUT2D eigenvalue weighted by Crippen LogP contribution is -2.07. The van der Waals surface area contributed by atoms with Crippen molar-refractivity contribution >= 4 is 5.82 Å². The highest BCUT2D eigenvalue weighted by atomic mass is 19.1. The Morgan fingerprint density at radius 1 is 1.17 bits per heavy atom. The first-order valence-corrected chi connectivity index (χ1v) is 5.69. The highest BCUT2D eigenvalue weighted by Gasteiger charge is 1.98. The molecule has 0 bridgehead atoms. The molecule has 1 heterocycles. The maximum atomic E-state index is 12.7. The fourth-order valence-corrected chi connectivity index (χ4v) is 1.56. The Morgan fingerprint density at radius 2 is 1.94 bits per heavy atom. The lowest BCUT2D eigenvalue weighted by atomic mass is 10.1. The van der Waals surface area contributed by atoms with Crippen LogP contribution in [0, 0.1) is 5.82 Å². The van der Waals surface area contributed by atoms with Crippen LogP contribution in [0.2, 0.25) is 0 Å². The third kappa shape index (κ3) is 3.49. The molecule has 0 amide bonds. The molecule has 0 saturated carbocycles. The van der Waals surface area contributed by atoms with Crippen molar-refractivity contribution in [2.24, 2.45) is 0 Å². The van der Waals surface area contributed by atoms with E-state index in [9.17, 15) is 4.39 Å². The van der Waals surface area contributed by atoms with E-state index in [2.05, 4.69) is 15.3 Å². The Morgan fingerprint density at radius 3 is 2.67 bits per heavy atom.